The van der Waals surface area contributed by atoms with Crippen LogP contribution in [0.2, 0.25) is 0 Å². The molecule has 2 nitrogen and oxygen atoms in total. The second kappa shape index (κ2) is 8.55. The molecule has 0 saturated heterocycles. The maximum atomic E-state index is 3.75. The van der Waals surface area contributed by atoms with Crippen LogP contribution in [0.25, 0.3) is 0 Å². The molecule has 2 rings (SSSR count). The Labute approximate surface area is 130 Å². The van der Waals surface area contributed by atoms with E-state index in [4.69, 9.17) is 0 Å². The zero-order valence-electron chi connectivity index (χ0n) is 14.1. The average molecular weight is 288 g/mol. The van der Waals surface area contributed by atoms with E-state index in [1.54, 1.807) is 0 Å². The molecule has 0 heterocycles. The highest BCUT2D eigenvalue weighted by Gasteiger charge is 2.30. The first kappa shape index (κ1) is 16.5. The molecule has 1 aliphatic rings. The first-order valence-electron chi connectivity index (χ1n) is 8.84. The molecule has 0 bridgehead atoms. The number of hydrogen-bond acceptors (Lipinski definition) is 2. The van der Waals surface area contributed by atoms with Crippen LogP contribution in [0.4, 0.5) is 0 Å². The summed E-state index contributed by atoms with van der Waals surface area (Å²) in [6.07, 6.45) is 6.37. The van der Waals surface area contributed by atoms with E-state index in [-0.39, 0.29) is 0 Å². The van der Waals surface area contributed by atoms with Crippen LogP contribution in [0.3, 0.4) is 0 Å². The molecule has 1 saturated carbocycles. The van der Waals surface area contributed by atoms with Crippen molar-refractivity contribution in [3.05, 3.63) is 35.4 Å². The fourth-order valence-corrected chi connectivity index (χ4v) is 2.98. The van der Waals surface area contributed by atoms with Crippen molar-refractivity contribution in [2.75, 3.05) is 19.6 Å². The monoisotopic (exact) mass is 288 g/mol. The Kier molecular flexibility index (Phi) is 6.72. The first-order chi connectivity index (χ1) is 10.3. The molecule has 0 spiro atoms. The van der Waals surface area contributed by atoms with Gasteiger partial charge in [0.15, 0.2) is 0 Å². The lowest BCUT2D eigenvalue weighted by Crippen LogP contribution is -2.37. The van der Waals surface area contributed by atoms with Gasteiger partial charge < -0.3 is 5.32 Å². The SMILES string of the molecule is CCCNC(CN(CCC)C1CC1)c1ccc(CC)cc1. The summed E-state index contributed by atoms with van der Waals surface area (Å²) in [6, 6.07) is 10.6. The number of rotatable bonds is 10. The Morgan fingerprint density at radius 2 is 1.81 bits per heavy atom. The van der Waals surface area contributed by atoms with Crippen molar-refractivity contribution >= 4 is 0 Å². The highest BCUT2D eigenvalue weighted by atomic mass is 15.2. The summed E-state index contributed by atoms with van der Waals surface area (Å²) in [5.74, 6) is 0. The van der Waals surface area contributed by atoms with Crippen LogP contribution < -0.4 is 5.32 Å². The van der Waals surface area contributed by atoms with Crippen molar-refractivity contribution < 1.29 is 0 Å². The third kappa shape index (κ3) is 5.12. The lowest BCUT2D eigenvalue weighted by molar-refractivity contribution is 0.233. The third-order valence-corrected chi connectivity index (χ3v) is 4.42. The molecule has 21 heavy (non-hydrogen) atoms. The predicted molar refractivity (Wildman–Crippen MR) is 91.7 cm³/mol. The first-order valence-corrected chi connectivity index (χ1v) is 8.84. The van der Waals surface area contributed by atoms with Gasteiger partial charge in [-0.05, 0) is 56.3 Å². The van der Waals surface area contributed by atoms with E-state index in [1.807, 2.05) is 0 Å². The molecule has 1 aromatic carbocycles. The van der Waals surface area contributed by atoms with Gasteiger partial charge in [0.1, 0.15) is 0 Å². The van der Waals surface area contributed by atoms with Gasteiger partial charge in [-0.1, -0.05) is 45.0 Å². The van der Waals surface area contributed by atoms with E-state index >= 15 is 0 Å². The molecule has 1 fully saturated rings. The zero-order valence-corrected chi connectivity index (χ0v) is 14.1. The van der Waals surface area contributed by atoms with Crippen molar-refractivity contribution in [3.63, 3.8) is 0 Å². The van der Waals surface area contributed by atoms with E-state index in [0.717, 1.165) is 25.6 Å². The van der Waals surface area contributed by atoms with Crippen LogP contribution in [0.5, 0.6) is 0 Å². The molecule has 1 unspecified atom stereocenters. The molecule has 1 aromatic rings. The lowest BCUT2D eigenvalue weighted by atomic mass is 10.0. The Hall–Kier alpha value is -0.860. The average Bonchev–Trinajstić information content (AvgIpc) is 3.35. The maximum Gasteiger partial charge on any atom is 0.0449 e. The van der Waals surface area contributed by atoms with E-state index in [1.165, 1.54) is 43.4 Å². The van der Waals surface area contributed by atoms with Crippen LogP contribution in [0, 0.1) is 0 Å². The number of benzene rings is 1. The Bertz CT molecular complexity index is 395. The Balaban J connectivity index is 2.04. The van der Waals surface area contributed by atoms with Crippen molar-refractivity contribution in [1.29, 1.82) is 0 Å². The Morgan fingerprint density at radius 3 is 2.33 bits per heavy atom. The van der Waals surface area contributed by atoms with Gasteiger partial charge in [-0.25, -0.2) is 0 Å². The van der Waals surface area contributed by atoms with Gasteiger partial charge in [-0.2, -0.15) is 0 Å². The standard InChI is InChI=1S/C19H32N2/c1-4-13-20-19(15-21(14-5-2)18-11-12-18)17-9-7-16(6-3)8-10-17/h7-10,18-20H,4-6,11-15H2,1-3H3. The summed E-state index contributed by atoms with van der Waals surface area (Å²) in [7, 11) is 0. The largest absolute Gasteiger partial charge is 0.309 e. The van der Waals surface area contributed by atoms with Crippen molar-refractivity contribution in [2.24, 2.45) is 0 Å². The molecule has 1 N–H and O–H groups in total. The van der Waals surface area contributed by atoms with Gasteiger partial charge in [-0.3, -0.25) is 4.90 Å². The summed E-state index contributed by atoms with van der Waals surface area (Å²) < 4.78 is 0. The molecule has 118 valence electrons. The van der Waals surface area contributed by atoms with Crippen LogP contribution in [-0.2, 0) is 6.42 Å². The molecule has 0 aliphatic heterocycles. The summed E-state index contributed by atoms with van der Waals surface area (Å²) in [6.45, 7) is 10.3. The smallest absolute Gasteiger partial charge is 0.0449 e. The van der Waals surface area contributed by atoms with Crippen LogP contribution in [0.1, 0.15) is 63.6 Å². The summed E-state index contributed by atoms with van der Waals surface area (Å²) in [5.41, 5.74) is 2.88. The topological polar surface area (TPSA) is 15.3 Å². The van der Waals surface area contributed by atoms with Crippen LogP contribution in [0.15, 0.2) is 24.3 Å². The lowest BCUT2D eigenvalue weighted by Gasteiger charge is -2.28. The molecule has 1 aliphatic carbocycles. The fraction of sp³-hybridized carbons (Fsp3) is 0.684. The van der Waals surface area contributed by atoms with Crippen molar-refractivity contribution in [1.82, 2.24) is 10.2 Å². The molecular weight excluding hydrogens is 256 g/mol. The predicted octanol–water partition coefficient (Wildman–Crippen LogP) is 4.16. The molecule has 0 amide bonds. The second-order valence-corrected chi connectivity index (χ2v) is 6.33. The van der Waals surface area contributed by atoms with E-state index in [2.05, 4.69) is 55.3 Å². The fourth-order valence-electron chi connectivity index (χ4n) is 2.98. The number of nitrogens with zero attached hydrogens (tertiary/aromatic N) is 1. The van der Waals surface area contributed by atoms with Crippen LogP contribution in [-0.4, -0.2) is 30.6 Å². The van der Waals surface area contributed by atoms with Gasteiger partial charge in [0.25, 0.3) is 0 Å². The van der Waals surface area contributed by atoms with Crippen molar-refractivity contribution in [2.45, 2.75) is 65.0 Å². The Morgan fingerprint density at radius 1 is 1.10 bits per heavy atom. The number of aryl methyl sites for hydroxylation is 1. The van der Waals surface area contributed by atoms with Gasteiger partial charge in [0, 0.05) is 18.6 Å². The zero-order chi connectivity index (χ0) is 15.1. The minimum atomic E-state index is 0.475. The molecule has 1 atom stereocenters. The highest BCUT2D eigenvalue weighted by Crippen LogP contribution is 2.29. The second-order valence-electron chi connectivity index (χ2n) is 6.33. The summed E-state index contributed by atoms with van der Waals surface area (Å²) in [5, 5.41) is 3.75. The number of nitrogens with one attached hydrogen (secondary N) is 1. The van der Waals surface area contributed by atoms with Crippen molar-refractivity contribution in [3.8, 4) is 0 Å². The quantitative estimate of drug-likeness (QED) is 0.695. The van der Waals surface area contributed by atoms with E-state index < -0.39 is 0 Å². The molecular formula is C19H32N2. The van der Waals surface area contributed by atoms with Crippen LogP contribution >= 0.6 is 0 Å². The minimum absolute atomic E-state index is 0.475. The van der Waals surface area contributed by atoms with Gasteiger partial charge in [-0.15, -0.1) is 0 Å². The maximum absolute atomic E-state index is 3.75. The molecule has 0 radical (unpaired) electrons. The third-order valence-electron chi connectivity index (χ3n) is 4.42. The normalized spacial score (nSPS) is 16.4. The highest BCUT2D eigenvalue weighted by molar-refractivity contribution is 5.25. The molecule has 2 heteroatoms. The van der Waals surface area contributed by atoms with E-state index in [0.29, 0.717) is 6.04 Å². The minimum Gasteiger partial charge on any atom is -0.309 e. The van der Waals surface area contributed by atoms with Gasteiger partial charge in [0.2, 0.25) is 0 Å². The molecule has 0 aromatic heterocycles. The summed E-state index contributed by atoms with van der Waals surface area (Å²) >= 11 is 0. The van der Waals surface area contributed by atoms with Gasteiger partial charge >= 0.3 is 0 Å². The van der Waals surface area contributed by atoms with Gasteiger partial charge in [0.05, 0.1) is 0 Å². The summed E-state index contributed by atoms with van der Waals surface area (Å²) in [4.78, 5) is 2.70. The number of hydrogen-bond donors (Lipinski definition) is 1. The van der Waals surface area contributed by atoms with E-state index in [9.17, 15) is 0 Å².